The number of hydrogen-bond donors (Lipinski definition) is 0. The molecule has 6 aromatic carbocycles. The lowest BCUT2D eigenvalue weighted by Crippen LogP contribution is -2.09. The van der Waals surface area contributed by atoms with Gasteiger partial charge in [0.1, 0.15) is 22.5 Å². The summed E-state index contributed by atoms with van der Waals surface area (Å²) < 4.78 is 15.2. The van der Waals surface area contributed by atoms with Gasteiger partial charge in [-0.15, -0.1) is 0 Å². The maximum atomic E-state index is 9.97. The number of rotatable bonds is 3. The van der Waals surface area contributed by atoms with E-state index >= 15 is 0 Å². The Kier molecular flexibility index (Phi) is 5.44. The molecule has 1 aliphatic rings. The summed E-state index contributed by atoms with van der Waals surface area (Å²) in [7, 11) is 0. The summed E-state index contributed by atoms with van der Waals surface area (Å²) in [6, 6.07) is 46.5. The van der Waals surface area contributed by atoms with Crippen molar-refractivity contribution in [1.82, 2.24) is 4.57 Å². The fraction of sp³-hybridized carbons (Fsp3) is 0.0465. The monoisotopic (exact) mass is 602 g/mol. The second kappa shape index (κ2) is 9.84. The highest BCUT2D eigenvalue weighted by Crippen LogP contribution is 2.45. The molecule has 4 heteroatoms. The lowest BCUT2D eigenvalue weighted by molar-refractivity contribution is 0.591. The summed E-state index contributed by atoms with van der Waals surface area (Å²) in [6.07, 6.45) is 5.14. The Morgan fingerprint density at radius 2 is 1.32 bits per heavy atom. The molecule has 0 saturated heterocycles. The Hall–Kier alpha value is -6.31. The van der Waals surface area contributed by atoms with Gasteiger partial charge in [-0.3, -0.25) is 0 Å². The molecule has 1 aliphatic carbocycles. The van der Waals surface area contributed by atoms with Crippen molar-refractivity contribution in [3.05, 3.63) is 156 Å². The van der Waals surface area contributed by atoms with Crippen molar-refractivity contribution in [3.8, 4) is 22.9 Å². The Morgan fingerprint density at radius 1 is 0.617 bits per heavy atom. The van der Waals surface area contributed by atoms with Crippen LogP contribution in [-0.4, -0.2) is 4.57 Å². The average molecular weight is 603 g/mol. The van der Waals surface area contributed by atoms with E-state index in [0.29, 0.717) is 5.56 Å². The first kappa shape index (κ1) is 26.0. The van der Waals surface area contributed by atoms with Gasteiger partial charge < -0.3 is 13.4 Å². The molecule has 0 radical (unpaired) electrons. The summed E-state index contributed by atoms with van der Waals surface area (Å²) >= 11 is 0. The molecular weight excluding hydrogens is 576 g/mol. The zero-order valence-electron chi connectivity index (χ0n) is 25.3. The van der Waals surface area contributed by atoms with Crippen molar-refractivity contribution < 1.29 is 8.83 Å². The largest absolute Gasteiger partial charge is 0.456 e. The average Bonchev–Trinajstić information content (AvgIpc) is 3.80. The van der Waals surface area contributed by atoms with Crippen LogP contribution in [0.2, 0.25) is 0 Å². The van der Waals surface area contributed by atoms with Crippen LogP contribution < -0.4 is 0 Å². The van der Waals surface area contributed by atoms with Gasteiger partial charge in [0, 0.05) is 38.4 Å². The van der Waals surface area contributed by atoms with Gasteiger partial charge in [0.15, 0.2) is 0 Å². The number of fused-ring (bicyclic) bond motifs is 10. The van der Waals surface area contributed by atoms with Crippen LogP contribution in [-0.2, 0) is 6.42 Å². The molecule has 220 valence electrons. The first-order chi connectivity index (χ1) is 23.2. The van der Waals surface area contributed by atoms with Crippen molar-refractivity contribution in [2.45, 2.75) is 12.3 Å². The van der Waals surface area contributed by atoms with Gasteiger partial charge >= 0.3 is 0 Å². The fourth-order valence-corrected chi connectivity index (χ4v) is 7.69. The van der Waals surface area contributed by atoms with E-state index in [1.54, 1.807) is 0 Å². The molecule has 47 heavy (non-hydrogen) atoms. The molecule has 0 bridgehead atoms. The van der Waals surface area contributed by atoms with E-state index < -0.39 is 0 Å². The molecule has 0 amide bonds. The van der Waals surface area contributed by atoms with Crippen LogP contribution in [0, 0.1) is 11.3 Å². The fourth-order valence-electron chi connectivity index (χ4n) is 7.69. The minimum absolute atomic E-state index is 0.0688. The molecule has 9 aromatic rings. The highest BCUT2D eigenvalue weighted by molar-refractivity contribution is 6.20. The molecule has 1 atom stereocenters. The zero-order chi connectivity index (χ0) is 31.1. The summed E-state index contributed by atoms with van der Waals surface area (Å²) in [4.78, 5) is 0. The van der Waals surface area contributed by atoms with Crippen LogP contribution in [0.1, 0.15) is 28.4 Å². The van der Waals surface area contributed by atoms with Crippen LogP contribution in [0.15, 0.2) is 142 Å². The molecule has 0 N–H and O–H groups in total. The SMILES string of the molecule is N#Cc1ccc(C2C=Cc3oc4ccc5oc6ccc(-c7ccccc7)cc6c5c4c3C2)c(-n2c3ccccc3c3ccccc32)c1. The molecule has 0 fully saturated rings. The summed E-state index contributed by atoms with van der Waals surface area (Å²) in [5.41, 5.74) is 11.2. The molecule has 10 rings (SSSR count). The number of hydrogen-bond acceptors (Lipinski definition) is 3. The van der Waals surface area contributed by atoms with Crippen LogP contribution in [0.5, 0.6) is 0 Å². The Bertz CT molecular complexity index is 2730. The summed E-state index contributed by atoms with van der Waals surface area (Å²) in [5, 5.41) is 15.7. The zero-order valence-corrected chi connectivity index (χ0v) is 25.3. The predicted molar refractivity (Wildman–Crippen MR) is 190 cm³/mol. The van der Waals surface area contributed by atoms with E-state index in [1.807, 2.05) is 30.3 Å². The quantitative estimate of drug-likeness (QED) is 0.202. The highest BCUT2D eigenvalue weighted by atomic mass is 16.3. The standard InChI is InChI=1S/C43H26N2O2/c44-25-26-14-17-30(37(22-26)45-35-12-6-4-10-31(35)32-11-5-7-13-36(32)45)29-16-19-39-34(24-29)43-41(47-39)21-20-40-42(43)33-23-28(15-18-38(33)46-40)27-8-2-1-3-9-27/h1-23,29H,24H2. The molecule has 3 aromatic heterocycles. The van der Waals surface area contributed by atoms with E-state index in [9.17, 15) is 5.26 Å². The minimum atomic E-state index is 0.0688. The van der Waals surface area contributed by atoms with Crippen molar-refractivity contribution in [2.24, 2.45) is 0 Å². The Morgan fingerprint density at radius 3 is 2.09 bits per heavy atom. The predicted octanol–water partition coefficient (Wildman–Crippen LogP) is 11.3. The maximum absolute atomic E-state index is 9.97. The highest BCUT2D eigenvalue weighted by Gasteiger charge is 2.27. The smallest absolute Gasteiger partial charge is 0.136 e. The lowest BCUT2D eigenvalue weighted by Gasteiger charge is -2.22. The number of benzene rings is 6. The van der Waals surface area contributed by atoms with Crippen LogP contribution in [0.3, 0.4) is 0 Å². The third-order valence-electron chi connectivity index (χ3n) is 9.81. The molecule has 0 aliphatic heterocycles. The number of para-hydroxylation sites is 2. The second-order valence-electron chi connectivity index (χ2n) is 12.4. The van der Waals surface area contributed by atoms with Crippen LogP contribution in [0.25, 0.3) is 77.6 Å². The van der Waals surface area contributed by atoms with E-state index in [-0.39, 0.29) is 5.92 Å². The number of aromatic nitrogens is 1. The Labute approximate surface area is 270 Å². The Balaban J connectivity index is 1.18. The van der Waals surface area contributed by atoms with E-state index in [1.165, 1.54) is 27.5 Å². The molecule has 0 spiro atoms. The topological polar surface area (TPSA) is 55.0 Å². The first-order valence-corrected chi connectivity index (χ1v) is 15.9. The van der Waals surface area contributed by atoms with Crippen molar-refractivity contribution in [3.63, 3.8) is 0 Å². The van der Waals surface area contributed by atoms with Crippen LogP contribution >= 0.6 is 0 Å². The molecule has 3 heterocycles. The van der Waals surface area contributed by atoms with Gasteiger partial charge in [-0.25, -0.2) is 0 Å². The number of allylic oxidation sites excluding steroid dienone is 1. The van der Waals surface area contributed by atoms with Gasteiger partial charge in [0.25, 0.3) is 0 Å². The molecule has 0 saturated carbocycles. The third kappa shape index (κ3) is 3.81. The number of nitrogens with zero attached hydrogens (tertiary/aromatic N) is 2. The number of furan rings is 2. The van der Waals surface area contributed by atoms with Gasteiger partial charge in [0.05, 0.1) is 28.4 Å². The normalized spacial score (nSPS) is 14.4. The van der Waals surface area contributed by atoms with Crippen molar-refractivity contribution in [1.29, 1.82) is 5.26 Å². The van der Waals surface area contributed by atoms with Crippen LogP contribution in [0.4, 0.5) is 0 Å². The molecule has 1 unspecified atom stereocenters. The summed E-state index contributed by atoms with van der Waals surface area (Å²) in [6.45, 7) is 0. The maximum Gasteiger partial charge on any atom is 0.136 e. The van der Waals surface area contributed by atoms with E-state index in [4.69, 9.17) is 8.83 Å². The van der Waals surface area contributed by atoms with E-state index in [2.05, 4.69) is 120 Å². The van der Waals surface area contributed by atoms with Crippen molar-refractivity contribution >= 4 is 60.8 Å². The molecular formula is C43H26N2O2. The summed E-state index contributed by atoms with van der Waals surface area (Å²) in [5.74, 6) is 0.962. The first-order valence-electron chi connectivity index (χ1n) is 15.9. The lowest BCUT2D eigenvalue weighted by atomic mass is 9.85. The van der Waals surface area contributed by atoms with Gasteiger partial charge in [-0.05, 0) is 77.7 Å². The van der Waals surface area contributed by atoms with Gasteiger partial charge in [-0.2, -0.15) is 5.26 Å². The molecule has 4 nitrogen and oxygen atoms in total. The number of nitriles is 1. The third-order valence-corrected chi connectivity index (χ3v) is 9.81. The van der Waals surface area contributed by atoms with Gasteiger partial charge in [0.2, 0.25) is 0 Å². The van der Waals surface area contributed by atoms with Crippen molar-refractivity contribution in [2.75, 3.05) is 0 Å². The second-order valence-corrected chi connectivity index (χ2v) is 12.4. The van der Waals surface area contributed by atoms with E-state index in [0.717, 1.165) is 67.4 Å². The minimum Gasteiger partial charge on any atom is -0.456 e. The van der Waals surface area contributed by atoms with Gasteiger partial charge in [-0.1, -0.05) is 84.9 Å².